The molecule has 0 radical (unpaired) electrons. The molecule has 0 bridgehead atoms. The Morgan fingerprint density at radius 3 is 2.74 bits per heavy atom. The van der Waals surface area contributed by atoms with Crippen LogP contribution >= 0.6 is 0 Å². The fourth-order valence-electron chi connectivity index (χ4n) is 3.70. The molecule has 2 aromatic carbocycles. The molecule has 0 amide bonds. The molecule has 0 spiro atoms. The van der Waals surface area contributed by atoms with Crippen molar-refractivity contribution < 1.29 is 14.2 Å². The topological polar surface area (TPSA) is 30.9 Å². The van der Waals surface area contributed by atoms with Gasteiger partial charge in [0.25, 0.3) is 0 Å². The van der Waals surface area contributed by atoms with Gasteiger partial charge >= 0.3 is 0 Å². The summed E-state index contributed by atoms with van der Waals surface area (Å²) in [6, 6.07) is 17.3. The SMILES string of the molecule is COCOc1cccc(CCc2ccccc2OCCC2CCCN2C)c1. The van der Waals surface area contributed by atoms with Crippen LogP contribution in [0.3, 0.4) is 0 Å². The average molecular weight is 370 g/mol. The zero-order chi connectivity index (χ0) is 18.9. The Kier molecular flexibility index (Phi) is 7.55. The Hall–Kier alpha value is -2.04. The smallest absolute Gasteiger partial charge is 0.188 e. The van der Waals surface area contributed by atoms with E-state index in [9.17, 15) is 0 Å². The van der Waals surface area contributed by atoms with Crippen molar-refractivity contribution in [2.24, 2.45) is 0 Å². The van der Waals surface area contributed by atoms with Gasteiger partial charge < -0.3 is 19.1 Å². The van der Waals surface area contributed by atoms with Crippen molar-refractivity contribution in [3.8, 4) is 11.5 Å². The van der Waals surface area contributed by atoms with E-state index < -0.39 is 0 Å². The lowest BCUT2D eigenvalue weighted by atomic mass is 10.0. The van der Waals surface area contributed by atoms with Crippen molar-refractivity contribution in [3.05, 3.63) is 59.7 Å². The van der Waals surface area contributed by atoms with Crippen LogP contribution in [-0.2, 0) is 17.6 Å². The zero-order valence-corrected chi connectivity index (χ0v) is 16.5. The normalized spacial score (nSPS) is 17.2. The number of para-hydroxylation sites is 1. The summed E-state index contributed by atoms with van der Waals surface area (Å²) in [6.07, 6.45) is 5.61. The molecule has 1 aliphatic heterocycles. The summed E-state index contributed by atoms with van der Waals surface area (Å²) in [7, 11) is 3.85. The third kappa shape index (κ3) is 5.98. The van der Waals surface area contributed by atoms with Gasteiger partial charge in [-0.3, -0.25) is 0 Å². The van der Waals surface area contributed by atoms with E-state index in [-0.39, 0.29) is 6.79 Å². The quantitative estimate of drug-likeness (QED) is 0.584. The summed E-state index contributed by atoms with van der Waals surface area (Å²) in [5.74, 6) is 1.87. The standard InChI is InChI=1S/C23H31NO3/c1-24-15-6-9-21(24)14-16-26-23-11-4-3-8-20(23)13-12-19-7-5-10-22(17-19)27-18-25-2/h3-5,7-8,10-11,17,21H,6,9,12-16,18H2,1-2H3. The van der Waals surface area contributed by atoms with E-state index in [0.29, 0.717) is 6.04 Å². The van der Waals surface area contributed by atoms with E-state index in [0.717, 1.165) is 37.4 Å². The van der Waals surface area contributed by atoms with Gasteiger partial charge in [0, 0.05) is 13.2 Å². The minimum absolute atomic E-state index is 0.274. The number of hydrogen-bond donors (Lipinski definition) is 0. The molecule has 1 heterocycles. The third-order valence-corrected chi connectivity index (χ3v) is 5.28. The van der Waals surface area contributed by atoms with Crippen molar-refractivity contribution in [2.45, 2.75) is 38.1 Å². The zero-order valence-electron chi connectivity index (χ0n) is 16.5. The van der Waals surface area contributed by atoms with E-state index in [2.05, 4.69) is 48.3 Å². The average Bonchev–Trinajstić information content (AvgIpc) is 3.11. The molecule has 1 atom stereocenters. The number of benzene rings is 2. The first-order chi connectivity index (χ1) is 13.3. The van der Waals surface area contributed by atoms with Gasteiger partial charge in [-0.05, 0) is 75.0 Å². The molecule has 1 saturated heterocycles. The van der Waals surface area contributed by atoms with Gasteiger partial charge in [0.15, 0.2) is 6.79 Å². The van der Waals surface area contributed by atoms with Crippen LogP contribution in [0.25, 0.3) is 0 Å². The lowest BCUT2D eigenvalue weighted by Gasteiger charge is -2.20. The first-order valence-electron chi connectivity index (χ1n) is 9.88. The number of rotatable bonds is 10. The molecule has 1 unspecified atom stereocenters. The monoisotopic (exact) mass is 369 g/mol. The summed E-state index contributed by atoms with van der Waals surface area (Å²) >= 11 is 0. The van der Waals surface area contributed by atoms with Gasteiger partial charge in [-0.1, -0.05) is 30.3 Å². The molecule has 0 aromatic heterocycles. The van der Waals surface area contributed by atoms with E-state index in [4.69, 9.17) is 14.2 Å². The molecule has 2 aromatic rings. The van der Waals surface area contributed by atoms with Crippen molar-refractivity contribution in [2.75, 3.05) is 34.1 Å². The number of methoxy groups -OCH3 is 1. The van der Waals surface area contributed by atoms with Crippen molar-refractivity contribution in [1.29, 1.82) is 0 Å². The predicted octanol–water partition coefficient (Wildman–Crippen LogP) is 4.32. The van der Waals surface area contributed by atoms with Crippen LogP contribution in [0, 0.1) is 0 Å². The molecule has 4 nitrogen and oxygen atoms in total. The van der Waals surface area contributed by atoms with E-state index >= 15 is 0 Å². The maximum atomic E-state index is 6.14. The molecule has 1 aliphatic rings. The Bertz CT molecular complexity index is 704. The van der Waals surface area contributed by atoms with Crippen LogP contribution in [0.5, 0.6) is 11.5 Å². The largest absolute Gasteiger partial charge is 0.493 e. The second-order valence-electron chi connectivity index (χ2n) is 7.22. The Morgan fingerprint density at radius 1 is 1.04 bits per heavy atom. The highest BCUT2D eigenvalue weighted by Crippen LogP contribution is 2.23. The number of nitrogens with zero attached hydrogens (tertiary/aromatic N) is 1. The van der Waals surface area contributed by atoms with Crippen LogP contribution < -0.4 is 9.47 Å². The third-order valence-electron chi connectivity index (χ3n) is 5.28. The van der Waals surface area contributed by atoms with Gasteiger partial charge in [0.1, 0.15) is 11.5 Å². The van der Waals surface area contributed by atoms with E-state index in [1.807, 2.05) is 12.1 Å². The molecule has 1 fully saturated rings. The Labute approximate surface area is 163 Å². The van der Waals surface area contributed by atoms with Crippen molar-refractivity contribution in [1.82, 2.24) is 4.90 Å². The molecular formula is C23H31NO3. The fourth-order valence-corrected chi connectivity index (χ4v) is 3.70. The molecule has 27 heavy (non-hydrogen) atoms. The summed E-state index contributed by atoms with van der Waals surface area (Å²) < 4.78 is 16.6. The predicted molar refractivity (Wildman–Crippen MR) is 109 cm³/mol. The highest BCUT2D eigenvalue weighted by Gasteiger charge is 2.20. The minimum Gasteiger partial charge on any atom is -0.493 e. The lowest BCUT2D eigenvalue weighted by Crippen LogP contribution is -2.26. The van der Waals surface area contributed by atoms with E-state index in [1.165, 1.54) is 30.5 Å². The van der Waals surface area contributed by atoms with Crippen molar-refractivity contribution in [3.63, 3.8) is 0 Å². The number of likely N-dealkylation sites (tertiary alicyclic amines) is 1. The fraction of sp³-hybridized carbons (Fsp3) is 0.478. The minimum atomic E-state index is 0.274. The van der Waals surface area contributed by atoms with Crippen LogP contribution in [0.2, 0.25) is 0 Å². The maximum absolute atomic E-state index is 6.14. The summed E-state index contributed by atoms with van der Waals surface area (Å²) in [5.41, 5.74) is 2.52. The van der Waals surface area contributed by atoms with E-state index in [1.54, 1.807) is 7.11 Å². The molecule has 3 rings (SSSR count). The Morgan fingerprint density at radius 2 is 1.93 bits per heavy atom. The summed E-state index contributed by atoms with van der Waals surface area (Å²) in [4.78, 5) is 2.45. The molecular weight excluding hydrogens is 338 g/mol. The number of ether oxygens (including phenoxy) is 3. The molecule has 146 valence electrons. The molecule has 0 aliphatic carbocycles. The van der Waals surface area contributed by atoms with Gasteiger partial charge in [-0.15, -0.1) is 0 Å². The highest BCUT2D eigenvalue weighted by atomic mass is 16.7. The molecule has 0 N–H and O–H groups in total. The highest BCUT2D eigenvalue weighted by molar-refractivity contribution is 5.35. The van der Waals surface area contributed by atoms with Gasteiger partial charge in [-0.25, -0.2) is 0 Å². The summed E-state index contributed by atoms with van der Waals surface area (Å²) in [6.45, 7) is 2.27. The van der Waals surface area contributed by atoms with Crippen LogP contribution in [0.4, 0.5) is 0 Å². The second-order valence-corrected chi connectivity index (χ2v) is 7.22. The van der Waals surface area contributed by atoms with Gasteiger partial charge in [0.2, 0.25) is 0 Å². The summed E-state index contributed by atoms with van der Waals surface area (Å²) in [5, 5.41) is 0. The van der Waals surface area contributed by atoms with Crippen LogP contribution in [-0.4, -0.2) is 45.0 Å². The molecule has 4 heteroatoms. The van der Waals surface area contributed by atoms with Gasteiger partial charge in [-0.2, -0.15) is 0 Å². The number of aryl methyl sites for hydroxylation is 2. The number of hydrogen-bond acceptors (Lipinski definition) is 4. The van der Waals surface area contributed by atoms with Crippen LogP contribution in [0.15, 0.2) is 48.5 Å². The van der Waals surface area contributed by atoms with Crippen LogP contribution in [0.1, 0.15) is 30.4 Å². The first-order valence-corrected chi connectivity index (χ1v) is 9.88. The lowest BCUT2D eigenvalue weighted by molar-refractivity contribution is 0.0511. The Balaban J connectivity index is 1.53. The van der Waals surface area contributed by atoms with Gasteiger partial charge in [0.05, 0.1) is 6.61 Å². The maximum Gasteiger partial charge on any atom is 0.188 e. The first kappa shape index (κ1) is 19.7. The molecule has 0 saturated carbocycles. The van der Waals surface area contributed by atoms with Crippen molar-refractivity contribution >= 4 is 0 Å². The second kappa shape index (κ2) is 10.3.